The van der Waals surface area contributed by atoms with Crippen molar-refractivity contribution in [1.82, 2.24) is 13.7 Å². The largest absolute Gasteiger partial charge is 0.311 e. The third kappa shape index (κ3) is 11.5. The van der Waals surface area contributed by atoms with E-state index in [-0.39, 0.29) is 103 Å². The van der Waals surface area contributed by atoms with Crippen LogP contribution < -0.4 is 26.2 Å². The van der Waals surface area contributed by atoms with Gasteiger partial charge in [0.25, 0.3) is 6.71 Å². The Labute approximate surface area is 812 Å². The standard InChI is InChI=1S/C130H94BN5/c1-127(2,3)91-63-72-120-106(79-91)101-51-27-34-58-117(101)133(120)94-65-69-112-122(81-94)135(114-55-31-24-46-96(114)84-60-67-110-103(75-84)98-48-22-29-53-108(98)129(110,87-36-12-7-13-37-87)88-38-14-8-15-39-88)124-77-86(83-62-71-119-105(74-83)100-50-26-33-57-116(100)132(119)93-44-20-11-21-45-93)78-125-126(124)131(112)113-70-66-95(134-118-59-35-28-52-102(118)107-80-92(128(4,5)6)64-73-121(107)134)82-123(113)136(125)115-56-32-25-47-97(115)85-61-68-111-104(76-85)99-49-23-30-54-109(99)130(111,89-40-16-9-17-41-89)90-42-18-10-19-43-90/h7-82H,1-6H3/i27D,28D,34D,35D,51D,52D,58D,59D,63D,64D,72D,73D,79D,80D. The Bertz CT molecular complexity index is 9260. The minimum atomic E-state index is -0.873. The van der Waals surface area contributed by atoms with E-state index in [0.717, 1.165) is 167 Å². The quantitative estimate of drug-likeness (QED) is 0.114. The van der Waals surface area contributed by atoms with Gasteiger partial charge in [0.1, 0.15) is 0 Å². The SMILES string of the molecule is [2H]c1c([2H])c([2H])c2c(c1[2H])c1c([2H])c(C(C)(C)C)c([2H])c([2H])c1n2-c1ccc2c(c1)N(c1ccccc1-c1ccc3c(c1)-c1ccccc1C3(c1ccccc1)c1ccccc1)c1cc(-c3ccc4c(c3)c3ccccc3n4-c3ccccc3)cc3c1B2c1ccc(-n2c4c([2H])c([2H])c([2H])c([2H])c4c4c([2H])c(C(C)(C)C)c([2H])c([2H])c42)cc1N3c1ccccc1-c1ccc2c(c1)-c1ccccc1C2(c1ccccc1)c1ccccc1. The zero-order valence-corrected chi connectivity index (χ0v) is 75.6. The van der Waals surface area contributed by atoms with Gasteiger partial charge in [0.15, 0.2) is 0 Å². The van der Waals surface area contributed by atoms with E-state index in [1.165, 1.54) is 0 Å². The molecule has 5 nitrogen and oxygen atoms in total. The molecule has 3 aromatic heterocycles. The first-order valence-corrected chi connectivity index (χ1v) is 46.8. The highest BCUT2D eigenvalue weighted by atomic mass is 15.2. The fourth-order valence-electron chi connectivity index (χ4n) is 23.3. The minimum absolute atomic E-state index is 0.0280. The Morgan fingerprint density at radius 3 is 1.07 bits per heavy atom. The molecular weight excluding hydrogens is 1640 g/mol. The number of benzene rings is 20. The molecule has 20 aromatic carbocycles. The number of hydrogen-bond donors (Lipinski definition) is 0. The second-order valence-corrected chi connectivity index (χ2v) is 38.6. The highest BCUT2D eigenvalue weighted by Gasteiger charge is 2.50. The van der Waals surface area contributed by atoms with Crippen molar-refractivity contribution in [1.29, 1.82) is 0 Å². The number of fused-ring (bicyclic) bond motifs is 19. The Balaban J connectivity index is 0.800. The highest BCUT2D eigenvalue weighted by molar-refractivity contribution is 7.00. The maximum atomic E-state index is 10.5. The molecule has 0 amide bonds. The van der Waals surface area contributed by atoms with Crippen molar-refractivity contribution in [2.24, 2.45) is 0 Å². The smallest absolute Gasteiger partial charge is 0.252 e. The average molecular weight is 1750 g/mol. The predicted molar refractivity (Wildman–Crippen MR) is 572 cm³/mol. The normalized spacial score (nSPS) is 15.2. The molecule has 0 radical (unpaired) electrons. The van der Waals surface area contributed by atoms with Crippen molar-refractivity contribution in [3.63, 3.8) is 0 Å². The van der Waals surface area contributed by atoms with Gasteiger partial charge in [-0.1, -0.05) is 375 Å². The first-order valence-electron chi connectivity index (χ1n) is 53.8. The monoisotopic (exact) mass is 1750 g/mol. The number of hydrogen-bond acceptors (Lipinski definition) is 2. The molecule has 0 N–H and O–H groups in total. The molecule has 0 spiro atoms. The van der Waals surface area contributed by atoms with Crippen LogP contribution in [-0.4, -0.2) is 20.4 Å². The molecule has 0 bridgehead atoms. The highest BCUT2D eigenvalue weighted by Crippen LogP contribution is 2.61. The maximum Gasteiger partial charge on any atom is 0.252 e. The van der Waals surface area contributed by atoms with Crippen LogP contribution in [0.4, 0.5) is 34.1 Å². The second-order valence-electron chi connectivity index (χ2n) is 38.6. The van der Waals surface area contributed by atoms with Gasteiger partial charge in [0.05, 0.1) is 74.5 Å². The molecular formula is C130H94BN5. The van der Waals surface area contributed by atoms with Gasteiger partial charge in [0, 0.05) is 83.3 Å². The van der Waals surface area contributed by atoms with Gasteiger partial charge in [0.2, 0.25) is 0 Å². The molecule has 5 heterocycles. The van der Waals surface area contributed by atoms with Gasteiger partial charge in [-0.15, -0.1) is 0 Å². The third-order valence-corrected chi connectivity index (χ3v) is 29.2. The lowest BCUT2D eigenvalue weighted by molar-refractivity contribution is 0.591. The van der Waals surface area contributed by atoms with Crippen LogP contribution >= 0.6 is 0 Å². The van der Waals surface area contributed by atoms with Gasteiger partial charge in [-0.25, -0.2) is 0 Å². The molecule has 6 heteroatoms. The second kappa shape index (κ2) is 30.0. The summed E-state index contributed by atoms with van der Waals surface area (Å²) in [7, 11) is 0. The van der Waals surface area contributed by atoms with Crippen LogP contribution in [0.15, 0.2) is 461 Å². The average Bonchev–Trinajstić information content (AvgIpc) is 0.731. The molecule has 27 rings (SSSR count). The summed E-state index contributed by atoms with van der Waals surface area (Å²) in [4.78, 5) is 4.72. The fraction of sp³-hybridized carbons (Fsp3) is 0.0769. The maximum absolute atomic E-state index is 10.5. The zero-order valence-electron chi connectivity index (χ0n) is 89.6. The molecule has 2 aliphatic carbocycles. The van der Waals surface area contributed by atoms with Crippen molar-refractivity contribution < 1.29 is 19.2 Å². The van der Waals surface area contributed by atoms with E-state index in [9.17, 15) is 19.2 Å². The van der Waals surface area contributed by atoms with Crippen molar-refractivity contribution >= 4 is 123 Å². The molecule has 642 valence electrons. The van der Waals surface area contributed by atoms with E-state index < -0.39 is 64.6 Å². The third-order valence-electron chi connectivity index (χ3n) is 29.2. The van der Waals surface area contributed by atoms with Crippen LogP contribution in [0.25, 0.3) is 138 Å². The van der Waals surface area contributed by atoms with Crippen LogP contribution in [0.5, 0.6) is 0 Å². The van der Waals surface area contributed by atoms with Crippen LogP contribution in [0.2, 0.25) is 0 Å². The summed E-state index contributed by atoms with van der Waals surface area (Å²) in [6.07, 6.45) is 0. The van der Waals surface area contributed by atoms with E-state index in [1.807, 2.05) is 59.7 Å². The number of rotatable bonds is 12. The first kappa shape index (κ1) is 65.9. The lowest BCUT2D eigenvalue weighted by Gasteiger charge is -2.45. The molecule has 2 aliphatic heterocycles. The molecule has 0 atom stereocenters. The Kier molecular flexibility index (Phi) is 14.5. The molecule has 136 heavy (non-hydrogen) atoms. The van der Waals surface area contributed by atoms with E-state index in [4.69, 9.17) is 0 Å². The molecule has 0 fully saturated rings. The van der Waals surface area contributed by atoms with Gasteiger partial charge < -0.3 is 23.5 Å². The van der Waals surface area contributed by atoms with Crippen molar-refractivity contribution in [3.05, 3.63) is 516 Å². The summed E-state index contributed by atoms with van der Waals surface area (Å²) in [6.45, 7) is 10.5. The van der Waals surface area contributed by atoms with Crippen LogP contribution in [-0.2, 0) is 21.7 Å². The Morgan fingerprint density at radius 2 is 0.610 bits per heavy atom. The van der Waals surface area contributed by atoms with Gasteiger partial charge in [-0.2, -0.15) is 0 Å². The van der Waals surface area contributed by atoms with Crippen molar-refractivity contribution in [2.45, 2.75) is 63.2 Å². The zero-order chi connectivity index (χ0) is 103. The summed E-state index contributed by atoms with van der Waals surface area (Å²) < 4.78 is 146. The van der Waals surface area contributed by atoms with Crippen molar-refractivity contribution in [3.8, 4) is 72.7 Å². The Morgan fingerprint density at radius 1 is 0.235 bits per heavy atom. The van der Waals surface area contributed by atoms with E-state index in [2.05, 4.69) is 372 Å². The molecule has 0 saturated heterocycles. The topological polar surface area (TPSA) is 21.3 Å². The molecule has 0 saturated carbocycles. The number of anilines is 6. The van der Waals surface area contributed by atoms with Crippen molar-refractivity contribution in [2.75, 3.05) is 9.80 Å². The number of para-hydroxylation sites is 6. The van der Waals surface area contributed by atoms with E-state index in [0.29, 0.717) is 22.7 Å². The minimum Gasteiger partial charge on any atom is -0.311 e. The fourth-order valence-corrected chi connectivity index (χ4v) is 23.3. The lowest BCUT2D eigenvalue weighted by atomic mass is 9.33. The van der Waals surface area contributed by atoms with Gasteiger partial charge >= 0.3 is 0 Å². The first-order chi connectivity index (χ1) is 72.6. The van der Waals surface area contributed by atoms with E-state index >= 15 is 0 Å². The predicted octanol–water partition coefficient (Wildman–Crippen LogP) is 31.4. The summed E-state index contributed by atoms with van der Waals surface area (Å²) >= 11 is 0. The van der Waals surface area contributed by atoms with Crippen LogP contribution in [0, 0.1) is 0 Å². The Hall–Kier alpha value is -16.5. The van der Waals surface area contributed by atoms with E-state index in [1.54, 1.807) is 9.13 Å². The van der Waals surface area contributed by atoms with Crippen LogP contribution in [0.1, 0.15) is 116 Å². The summed E-state index contributed by atoms with van der Waals surface area (Å²) in [5.74, 6) is 0. The molecule has 0 unspecified atom stereocenters. The summed E-state index contributed by atoms with van der Waals surface area (Å²) in [5, 5.41) is 2.35. The number of aromatic nitrogens is 3. The summed E-state index contributed by atoms with van der Waals surface area (Å²) in [5.41, 5.74) is 26.1. The lowest BCUT2D eigenvalue weighted by Crippen LogP contribution is -2.61. The summed E-state index contributed by atoms with van der Waals surface area (Å²) in [6, 6.07) is 129. The van der Waals surface area contributed by atoms with Gasteiger partial charge in [-0.3, -0.25) is 0 Å². The molecule has 23 aromatic rings. The number of nitrogens with zero attached hydrogens (tertiary/aromatic N) is 5. The molecule has 4 aliphatic rings. The van der Waals surface area contributed by atoms with Gasteiger partial charge in [-0.05, 0) is 255 Å². The van der Waals surface area contributed by atoms with Crippen LogP contribution in [0.3, 0.4) is 0 Å².